The predicted molar refractivity (Wildman–Crippen MR) is 99.6 cm³/mol. The van der Waals surface area contributed by atoms with Crippen LogP contribution in [0.3, 0.4) is 0 Å². The molecule has 0 spiro atoms. The van der Waals surface area contributed by atoms with E-state index in [9.17, 15) is 0 Å². The molecule has 1 aliphatic heterocycles. The van der Waals surface area contributed by atoms with Gasteiger partial charge in [-0.05, 0) is 38.0 Å². The highest BCUT2D eigenvalue weighted by Crippen LogP contribution is 2.07. The van der Waals surface area contributed by atoms with E-state index in [4.69, 9.17) is 17.0 Å². The zero-order valence-electron chi connectivity index (χ0n) is 14.3. The van der Waals surface area contributed by atoms with Crippen LogP contribution in [0.1, 0.15) is 25.8 Å². The van der Waals surface area contributed by atoms with E-state index in [1.807, 2.05) is 0 Å². The first-order valence-electron chi connectivity index (χ1n) is 8.54. The minimum absolute atomic E-state index is 0.361. The Balaban J connectivity index is 1.85. The molecule has 1 N–H and O–H groups in total. The summed E-state index contributed by atoms with van der Waals surface area (Å²) in [7, 11) is 0. The molecule has 1 aliphatic rings. The molecule has 1 aromatic carbocycles. The van der Waals surface area contributed by atoms with Crippen LogP contribution in [0.25, 0.3) is 0 Å². The molecule has 0 radical (unpaired) electrons. The normalized spacial score (nSPS) is 15.6. The van der Waals surface area contributed by atoms with Gasteiger partial charge in [0, 0.05) is 38.8 Å². The molecule has 4 nitrogen and oxygen atoms in total. The number of hydrogen-bond acceptors (Lipinski definition) is 3. The summed E-state index contributed by atoms with van der Waals surface area (Å²) in [5.74, 6) is 0. The number of thiocarbonyl (C=S) groups is 1. The Morgan fingerprint density at radius 2 is 1.96 bits per heavy atom. The molecular formula is C18H29N3OS. The highest BCUT2D eigenvalue weighted by Gasteiger charge is 2.13. The van der Waals surface area contributed by atoms with Gasteiger partial charge in [-0.3, -0.25) is 4.90 Å². The Morgan fingerprint density at radius 1 is 1.26 bits per heavy atom. The second-order valence-electron chi connectivity index (χ2n) is 6.32. The molecular weight excluding hydrogens is 306 g/mol. The number of nitrogens with one attached hydrogen (secondary N) is 1. The van der Waals surface area contributed by atoms with E-state index in [0.29, 0.717) is 6.04 Å². The van der Waals surface area contributed by atoms with Gasteiger partial charge in [0.15, 0.2) is 5.11 Å². The van der Waals surface area contributed by atoms with Gasteiger partial charge >= 0.3 is 0 Å². The van der Waals surface area contributed by atoms with Gasteiger partial charge in [0.2, 0.25) is 0 Å². The predicted octanol–water partition coefficient (Wildman–Crippen LogP) is 2.49. The average molecular weight is 336 g/mol. The average Bonchev–Trinajstić information content (AvgIpc) is 2.55. The first-order chi connectivity index (χ1) is 11.1. The molecule has 1 saturated heterocycles. The van der Waals surface area contributed by atoms with Crippen molar-refractivity contribution in [1.82, 2.24) is 15.1 Å². The number of hydrogen-bond donors (Lipinski definition) is 1. The molecule has 0 unspecified atom stereocenters. The molecule has 128 valence electrons. The van der Waals surface area contributed by atoms with Crippen LogP contribution >= 0.6 is 12.2 Å². The largest absolute Gasteiger partial charge is 0.379 e. The second-order valence-corrected chi connectivity index (χ2v) is 6.71. The van der Waals surface area contributed by atoms with Crippen LogP contribution in [0, 0.1) is 0 Å². The van der Waals surface area contributed by atoms with E-state index in [0.717, 1.165) is 57.5 Å². The lowest BCUT2D eigenvalue weighted by molar-refractivity contribution is 0.0367. The number of benzene rings is 1. The number of morpholine rings is 1. The van der Waals surface area contributed by atoms with Gasteiger partial charge in [-0.15, -0.1) is 0 Å². The van der Waals surface area contributed by atoms with Crippen molar-refractivity contribution in [3.8, 4) is 0 Å². The molecule has 0 saturated carbocycles. The summed E-state index contributed by atoms with van der Waals surface area (Å²) < 4.78 is 5.41. The topological polar surface area (TPSA) is 27.7 Å². The van der Waals surface area contributed by atoms with Gasteiger partial charge < -0.3 is 15.0 Å². The maximum atomic E-state index is 5.60. The van der Waals surface area contributed by atoms with E-state index in [1.165, 1.54) is 5.56 Å². The van der Waals surface area contributed by atoms with Crippen LogP contribution < -0.4 is 5.32 Å². The Hall–Kier alpha value is -1.17. The molecule has 5 heteroatoms. The summed E-state index contributed by atoms with van der Waals surface area (Å²) in [6, 6.07) is 10.9. The lowest BCUT2D eigenvalue weighted by atomic mass is 10.2. The lowest BCUT2D eigenvalue weighted by Gasteiger charge is -2.30. The summed E-state index contributed by atoms with van der Waals surface area (Å²) in [5.41, 5.74) is 1.30. The lowest BCUT2D eigenvalue weighted by Crippen LogP contribution is -2.44. The van der Waals surface area contributed by atoms with Gasteiger partial charge in [-0.1, -0.05) is 30.3 Å². The standard InChI is InChI=1S/C18H29N3OS/c1-16(2)19-18(23)21(15-17-7-4-3-5-8-17)10-6-9-20-11-13-22-14-12-20/h3-5,7-8,16H,6,9-15H2,1-2H3,(H,19,23). The van der Waals surface area contributed by atoms with E-state index < -0.39 is 0 Å². The Kier molecular flexibility index (Phi) is 7.79. The molecule has 1 aromatic rings. The highest BCUT2D eigenvalue weighted by molar-refractivity contribution is 7.80. The van der Waals surface area contributed by atoms with E-state index in [-0.39, 0.29) is 0 Å². The quantitative estimate of drug-likeness (QED) is 0.773. The zero-order chi connectivity index (χ0) is 16.5. The van der Waals surface area contributed by atoms with E-state index in [2.05, 4.69) is 59.3 Å². The fraction of sp³-hybridized carbons (Fsp3) is 0.611. The number of rotatable bonds is 7. The Morgan fingerprint density at radius 3 is 2.61 bits per heavy atom. The Labute approximate surface area is 145 Å². The SMILES string of the molecule is CC(C)NC(=S)N(CCCN1CCOCC1)Cc1ccccc1. The summed E-state index contributed by atoms with van der Waals surface area (Å²) in [6.45, 7) is 11.0. The van der Waals surface area contributed by atoms with Gasteiger partial charge in [0.1, 0.15) is 0 Å². The van der Waals surface area contributed by atoms with Gasteiger partial charge in [0.25, 0.3) is 0 Å². The molecule has 0 bridgehead atoms. The molecule has 2 rings (SSSR count). The van der Waals surface area contributed by atoms with Crippen molar-refractivity contribution in [2.75, 3.05) is 39.4 Å². The van der Waals surface area contributed by atoms with Crippen molar-refractivity contribution >= 4 is 17.3 Å². The van der Waals surface area contributed by atoms with Crippen molar-refractivity contribution in [3.05, 3.63) is 35.9 Å². The first-order valence-corrected chi connectivity index (χ1v) is 8.95. The first kappa shape index (κ1) is 18.2. The molecule has 0 aliphatic carbocycles. The fourth-order valence-corrected chi connectivity index (χ4v) is 3.10. The molecule has 23 heavy (non-hydrogen) atoms. The molecule has 1 heterocycles. The number of ether oxygens (including phenoxy) is 1. The van der Waals surface area contributed by atoms with Crippen LogP contribution in [-0.2, 0) is 11.3 Å². The summed E-state index contributed by atoms with van der Waals surface area (Å²) >= 11 is 5.60. The smallest absolute Gasteiger partial charge is 0.169 e. The summed E-state index contributed by atoms with van der Waals surface area (Å²) in [5, 5.41) is 4.23. The van der Waals surface area contributed by atoms with Crippen molar-refractivity contribution in [1.29, 1.82) is 0 Å². The van der Waals surface area contributed by atoms with E-state index in [1.54, 1.807) is 0 Å². The maximum absolute atomic E-state index is 5.60. The minimum atomic E-state index is 0.361. The monoisotopic (exact) mass is 335 g/mol. The van der Waals surface area contributed by atoms with E-state index >= 15 is 0 Å². The molecule has 1 fully saturated rings. The van der Waals surface area contributed by atoms with Crippen LogP contribution in [0.15, 0.2) is 30.3 Å². The zero-order valence-corrected chi connectivity index (χ0v) is 15.1. The van der Waals surface area contributed by atoms with Crippen molar-refractivity contribution in [3.63, 3.8) is 0 Å². The van der Waals surface area contributed by atoms with Gasteiger partial charge in [-0.2, -0.15) is 0 Å². The minimum Gasteiger partial charge on any atom is -0.379 e. The van der Waals surface area contributed by atoms with Crippen molar-refractivity contribution in [2.45, 2.75) is 32.9 Å². The van der Waals surface area contributed by atoms with Gasteiger partial charge in [0.05, 0.1) is 13.2 Å². The molecule has 0 aromatic heterocycles. The summed E-state index contributed by atoms with van der Waals surface area (Å²) in [6.07, 6.45) is 1.12. The van der Waals surface area contributed by atoms with Gasteiger partial charge in [-0.25, -0.2) is 0 Å². The van der Waals surface area contributed by atoms with Crippen LogP contribution in [-0.4, -0.2) is 60.3 Å². The Bertz CT molecular complexity index is 461. The van der Waals surface area contributed by atoms with Crippen molar-refractivity contribution < 1.29 is 4.74 Å². The third-order valence-electron chi connectivity index (χ3n) is 3.92. The van der Waals surface area contributed by atoms with Crippen LogP contribution in [0.5, 0.6) is 0 Å². The molecule has 0 atom stereocenters. The third kappa shape index (κ3) is 6.85. The maximum Gasteiger partial charge on any atom is 0.169 e. The van der Waals surface area contributed by atoms with Crippen LogP contribution in [0.2, 0.25) is 0 Å². The van der Waals surface area contributed by atoms with Crippen LogP contribution in [0.4, 0.5) is 0 Å². The number of nitrogens with zero attached hydrogens (tertiary/aromatic N) is 2. The summed E-state index contributed by atoms with van der Waals surface area (Å²) in [4.78, 5) is 4.76. The van der Waals surface area contributed by atoms with Crippen molar-refractivity contribution in [2.24, 2.45) is 0 Å². The molecule has 0 amide bonds. The second kappa shape index (κ2) is 9.85. The highest BCUT2D eigenvalue weighted by atomic mass is 32.1. The third-order valence-corrected chi connectivity index (χ3v) is 4.30. The fourth-order valence-electron chi connectivity index (χ4n) is 2.70.